The molecule has 1 N–H and O–H groups in total. The fraction of sp³-hybridized carbons (Fsp3) is 0.348. The summed E-state index contributed by atoms with van der Waals surface area (Å²) in [6.07, 6.45) is 6.89. The van der Waals surface area contributed by atoms with E-state index < -0.39 is 23.5 Å². The molecule has 158 valence electrons. The largest absolute Gasteiger partial charge is 0.486 e. The van der Waals surface area contributed by atoms with E-state index in [2.05, 4.69) is 10.3 Å². The highest BCUT2D eigenvalue weighted by molar-refractivity contribution is 5.99. The Kier molecular flexibility index (Phi) is 4.04. The Morgan fingerprint density at radius 2 is 1.97 bits per heavy atom. The highest BCUT2D eigenvalue weighted by Gasteiger charge is 2.66. The smallest absolute Gasteiger partial charge is 0.231 e. The predicted octanol–water partition coefficient (Wildman–Crippen LogP) is 1.77. The van der Waals surface area contributed by atoms with Crippen molar-refractivity contribution in [1.29, 1.82) is 0 Å². The number of hydrogen-bond donors (Lipinski definition) is 1. The van der Waals surface area contributed by atoms with E-state index in [4.69, 9.17) is 14.2 Å². The van der Waals surface area contributed by atoms with Crippen LogP contribution in [0.25, 0.3) is 0 Å². The Bertz CT molecular complexity index is 1090. The van der Waals surface area contributed by atoms with Gasteiger partial charge >= 0.3 is 0 Å². The Hall–Kier alpha value is -3.39. The number of anilines is 1. The summed E-state index contributed by atoms with van der Waals surface area (Å²) in [6, 6.07) is 9.08. The first kappa shape index (κ1) is 18.4. The quantitative estimate of drug-likeness (QED) is 0.760. The van der Waals surface area contributed by atoms with Gasteiger partial charge in [0.2, 0.25) is 11.8 Å². The molecule has 2 bridgehead atoms. The molecule has 1 aromatic carbocycles. The molecule has 6 rings (SSSR count). The van der Waals surface area contributed by atoms with Gasteiger partial charge in [-0.15, -0.1) is 0 Å². The van der Waals surface area contributed by atoms with E-state index in [1.807, 2.05) is 24.3 Å². The Morgan fingerprint density at radius 1 is 1.16 bits per heavy atom. The third-order valence-corrected chi connectivity index (χ3v) is 6.41. The maximum atomic E-state index is 13.3. The Balaban J connectivity index is 1.23. The topological polar surface area (TPSA) is 90.0 Å². The number of amides is 2. The number of aromatic nitrogens is 1. The first-order valence-corrected chi connectivity index (χ1v) is 10.4. The highest BCUT2D eigenvalue weighted by atomic mass is 16.6. The molecule has 4 aliphatic rings. The Morgan fingerprint density at radius 3 is 2.81 bits per heavy atom. The minimum atomic E-state index is -0.733. The molecule has 0 unspecified atom stereocenters. The van der Waals surface area contributed by atoms with Crippen molar-refractivity contribution in [2.24, 2.45) is 11.8 Å². The summed E-state index contributed by atoms with van der Waals surface area (Å²) in [7, 11) is 0. The summed E-state index contributed by atoms with van der Waals surface area (Å²) in [5.74, 6) is -0.116. The summed E-state index contributed by atoms with van der Waals surface area (Å²) >= 11 is 0. The molecule has 0 saturated carbocycles. The SMILES string of the molecule is O=C(Nc1ccc2c(c1)OCCO2)[C@H]1[C@@H]2C=C[C@@]3(CN(Cc4ccncc4)C(=O)[C@@H]13)O2. The van der Waals surface area contributed by atoms with Gasteiger partial charge in [0.05, 0.1) is 24.5 Å². The lowest BCUT2D eigenvalue weighted by Crippen LogP contribution is -2.41. The first-order valence-electron chi connectivity index (χ1n) is 10.4. The number of fused-ring (bicyclic) bond motifs is 2. The van der Waals surface area contributed by atoms with Gasteiger partial charge in [-0.25, -0.2) is 0 Å². The third kappa shape index (κ3) is 2.90. The van der Waals surface area contributed by atoms with Crippen LogP contribution in [0.5, 0.6) is 11.5 Å². The lowest BCUT2D eigenvalue weighted by molar-refractivity contribution is -0.136. The first-order chi connectivity index (χ1) is 15.1. The van der Waals surface area contributed by atoms with Gasteiger partial charge in [-0.2, -0.15) is 0 Å². The molecule has 4 aliphatic heterocycles. The van der Waals surface area contributed by atoms with Gasteiger partial charge < -0.3 is 24.4 Å². The monoisotopic (exact) mass is 419 g/mol. The Labute approximate surface area is 178 Å². The number of rotatable bonds is 4. The number of hydrogen-bond acceptors (Lipinski definition) is 6. The highest BCUT2D eigenvalue weighted by Crippen LogP contribution is 2.52. The van der Waals surface area contributed by atoms with Gasteiger partial charge in [0.1, 0.15) is 18.8 Å². The molecule has 5 heterocycles. The second-order valence-corrected chi connectivity index (χ2v) is 8.30. The molecule has 2 aromatic rings. The van der Waals surface area contributed by atoms with E-state index in [1.54, 1.807) is 35.5 Å². The van der Waals surface area contributed by atoms with Gasteiger partial charge in [0.25, 0.3) is 0 Å². The average Bonchev–Trinajstić information content (AvgIpc) is 3.43. The van der Waals surface area contributed by atoms with Crippen molar-refractivity contribution in [2.75, 3.05) is 25.1 Å². The molecule has 0 radical (unpaired) electrons. The molecule has 2 saturated heterocycles. The second kappa shape index (κ2) is 6.81. The zero-order chi connectivity index (χ0) is 21.0. The van der Waals surface area contributed by atoms with Crippen LogP contribution in [-0.2, 0) is 20.9 Å². The molecule has 8 nitrogen and oxygen atoms in total. The van der Waals surface area contributed by atoms with Crippen LogP contribution in [0.2, 0.25) is 0 Å². The van der Waals surface area contributed by atoms with Crippen LogP contribution in [0.3, 0.4) is 0 Å². The normalized spacial score (nSPS) is 29.9. The summed E-state index contributed by atoms with van der Waals surface area (Å²) in [5.41, 5.74) is 0.869. The van der Waals surface area contributed by atoms with Crippen LogP contribution in [0.1, 0.15) is 5.56 Å². The number of pyridine rings is 1. The molecule has 2 fully saturated rings. The van der Waals surface area contributed by atoms with Crippen molar-refractivity contribution in [3.05, 3.63) is 60.4 Å². The van der Waals surface area contributed by atoms with Crippen LogP contribution in [-0.4, -0.2) is 53.2 Å². The third-order valence-electron chi connectivity index (χ3n) is 6.41. The molecule has 2 amide bonds. The predicted molar refractivity (Wildman–Crippen MR) is 109 cm³/mol. The number of nitrogens with one attached hydrogen (secondary N) is 1. The van der Waals surface area contributed by atoms with Crippen molar-refractivity contribution in [3.8, 4) is 11.5 Å². The fourth-order valence-electron chi connectivity index (χ4n) is 5.07. The number of carbonyl (C=O) groups excluding carboxylic acids is 2. The van der Waals surface area contributed by atoms with Crippen molar-refractivity contribution < 1.29 is 23.8 Å². The second-order valence-electron chi connectivity index (χ2n) is 8.30. The maximum Gasteiger partial charge on any atom is 0.231 e. The van der Waals surface area contributed by atoms with E-state index in [1.165, 1.54) is 0 Å². The van der Waals surface area contributed by atoms with Crippen LogP contribution in [0, 0.1) is 11.8 Å². The van der Waals surface area contributed by atoms with E-state index in [0.29, 0.717) is 43.5 Å². The van der Waals surface area contributed by atoms with Crippen molar-refractivity contribution >= 4 is 17.5 Å². The van der Waals surface area contributed by atoms with E-state index >= 15 is 0 Å². The van der Waals surface area contributed by atoms with Gasteiger partial charge in [-0.05, 0) is 29.8 Å². The maximum absolute atomic E-state index is 13.3. The lowest BCUT2D eigenvalue weighted by atomic mass is 9.77. The molecular weight excluding hydrogens is 398 g/mol. The van der Waals surface area contributed by atoms with Crippen molar-refractivity contribution in [1.82, 2.24) is 9.88 Å². The fourth-order valence-corrected chi connectivity index (χ4v) is 5.07. The molecule has 31 heavy (non-hydrogen) atoms. The number of ether oxygens (including phenoxy) is 3. The van der Waals surface area contributed by atoms with Crippen LogP contribution < -0.4 is 14.8 Å². The number of benzene rings is 1. The van der Waals surface area contributed by atoms with Gasteiger partial charge in [-0.3, -0.25) is 14.6 Å². The molecule has 8 heteroatoms. The summed E-state index contributed by atoms with van der Waals surface area (Å²) < 4.78 is 17.3. The molecule has 4 atom stereocenters. The molecular formula is C23H21N3O5. The van der Waals surface area contributed by atoms with Gasteiger partial charge in [0, 0.05) is 30.7 Å². The number of likely N-dealkylation sites (tertiary alicyclic amines) is 1. The lowest BCUT2D eigenvalue weighted by Gasteiger charge is -2.24. The standard InChI is InChI=1S/C23H21N3O5/c27-21(25-15-1-2-16-18(11-15)30-10-9-29-16)19-17-3-6-23(31-17)13-26(22(28)20(19)23)12-14-4-7-24-8-5-14/h1-8,11,17,19-20H,9-10,12-13H2,(H,25,27)/t17-,19-,20+,23-/m0/s1. The minimum absolute atomic E-state index is 0.0500. The van der Waals surface area contributed by atoms with E-state index in [9.17, 15) is 9.59 Å². The molecule has 1 aromatic heterocycles. The summed E-state index contributed by atoms with van der Waals surface area (Å²) in [6.45, 7) is 1.89. The average molecular weight is 419 g/mol. The van der Waals surface area contributed by atoms with Gasteiger partial charge in [-0.1, -0.05) is 12.2 Å². The van der Waals surface area contributed by atoms with Crippen LogP contribution in [0.15, 0.2) is 54.9 Å². The van der Waals surface area contributed by atoms with Crippen LogP contribution >= 0.6 is 0 Å². The molecule has 0 aliphatic carbocycles. The van der Waals surface area contributed by atoms with Crippen LogP contribution in [0.4, 0.5) is 5.69 Å². The summed E-state index contributed by atoms with van der Waals surface area (Å²) in [4.78, 5) is 32.4. The van der Waals surface area contributed by atoms with Crippen molar-refractivity contribution in [2.45, 2.75) is 18.2 Å². The number of nitrogens with zero attached hydrogens (tertiary/aromatic N) is 2. The zero-order valence-electron chi connectivity index (χ0n) is 16.7. The van der Waals surface area contributed by atoms with E-state index in [-0.39, 0.29) is 11.8 Å². The molecule has 1 spiro atoms. The van der Waals surface area contributed by atoms with Gasteiger partial charge in [0.15, 0.2) is 11.5 Å². The number of carbonyl (C=O) groups is 2. The minimum Gasteiger partial charge on any atom is -0.486 e. The van der Waals surface area contributed by atoms with E-state index in [0.717, 1.165) is 5.56 Å². The zero-order valence-corrected chi connectivity index (χ0v) is 16.7. The van der Waals surface area contributed by atoms with Crippen molar-refractivity contribution in [3.63, 3.8) is 0 Å². The summed E-state index contributed by atoms with van der Waals surface area (Å²) in [5, 5.41) is 2.95.